The van der Waals surface area contributed by atoms with Gasteiger partial charge in [-0.15, -0.1) is 0 Å². The van der Waals surface area contributed by atoms with E-state index in [9.17, 15) is 0 Å². The van der Waals surface area contributed by atoms with Crippen molar-refractivity contribution in [2.45, 2.75) is 91.3 Å². The molecule has 21 heavy (non-hydrogen) atoms. The maximum Gasteiger partial charge on any atom is 0.490 e. The third kappa shape index (κ3) is 5.30. The minimum Gasteiger partial charge on any atom is -0.400 e. The highest BCUT2D eigenvalue weighted by atomic mass is 16.7. The SMILES string of the molecule is CCCC/C=C/C=C(/CCCC)B1OC(C)(C)C(C)(C)O1. The maximum atomic E-state index is 6.18. The van der Waals surface area contributed by atoms with E-state index in [0.29, 0.717) is 0 Å². The minimum absolute atomic E-state index is 0.197. The van der Waals surface area contributed by atoms with Crippen molar-refractivity contribution in [3.05, 3.63) is 23.7 Å². The molecule has 0 saturated carbocycles. The first kappa shape index (κ1) is 18.5. The molecule has 1 aliphatic heterocycles. The summed E-state index contributed by atoms with van der Waals surface area (Å²) in [4.78, 5) is 0. The number of hydrogen-bond acceptors (Lipinski definition) is 2. The van der Waals surface area contributed by atoms with Crippen LogP contribution in [0.5, 0.6) is 0 Å². The Balaban J connectivity index is 2.74. The van der Waals surface area contributed by atoms with Crippen molar-refractivity contribution in [3.8, 4) is 0 Å². The number of hydrogen-bond donors (Lipinski definition) is 0. The summed E-state index contributed by atoms with van der Waals surface area (Å²) < 4.78 is 12.4. The number of rotatable bonds is 8. The standard InChI is InChI=1S/C18H33BO2/c1-7-9-11-12-13-15-16(14-10-8-2)19-20-17(3,4)18(5,6)21-19/h12-13,15H,7-11,14H2,1-6H3/b13-12+,16-15-. The van der Waals surface area contributed by atoms with Crippen LogP contribution in [0.2, 0.25) is 0 Å². The lowest BCUT2D eigenvalue weighted by Crippen LogP contribution is -2.41. The van der Waals surface area contributed by atoms with E-state index in [2.05, 4.69) is 59.8 Å². The summed E-state index contributed by atoms with van der Waals surface area (Å²) in [6.45, 7) is 12.9. The van der Waals surface area contributed by atoms with Crippen molar-refractivity contribution in [1.29, 1.82) is 0 Å². The zero-order valence-corrected chi connectivity index (χ0v) is 14.9. The molecule has 2 nitrogen and oxygen atoms in total. The largest absolute Gasteiger partial charge is 0.490 e. The topological polar surface area (TPSA) is 18.5 Å². The highest BCUT2D eigenvalue weighted by molar-refractivity contribution is 6.54. The van der Waals surface area contributed by atoms with Crippen LogP contribution in [0.25, 0.3) is 0 Å². The zero-order valence-electron chi connectivity index (χ0n) is 14.9. The summed E-state index contributed by atoms with van der Waals surface area (Å²) in [6.07, 6.45) is 13.7. The minimum atomic E-state index is -0.255. The van der Waals surface area contributed by atoms with Gasteiger partial charge in [-0.25, -0.2) is 0 Å². The fourth-order valence-electron chi connectivity index (χ4n) is 2.26. The Kier molecular flexibility index (Phi) is 7.22. The second-order valence-corrected chi connectivity index (χ2v) is 7.00. The number of allylic oxidation sites excluding steroid dienone is 4. The Bertz CT molecular complexity index is 353. The first-order valence-corrected chi connectivity index (χ1v) is 8.55. The van der Waals surface area contributed by atoms with Crippen LogP contribution in [-0.2, 0) is 9.31 Å². The molecule has 0 radical (unpaired) electrons. The van der Waals surface area contributed by atoms with Crippen molar-refractivity contribution >= 4 is 7.12 Å². The Morgan fingerprint density at radius 2 is 1.52 bits per heavy atom. The van der Waals surface area contributed by atoms with Crippen LogP contribution in [0, 0.1) is 0 Å². The van der Waals surface area contributed by atoms with Gasteiger partial charge in [0, 0.05) is 0 Å². The zero-order chi connectivity index (χ0) is 15.9. The summed E-state index contributed by atoms with van der Waals surface area (Å²) in [5.41, 5.74) is 0.757. The second kappa shape index (κ2) is 8.19. The fourth-order valence-corrected chi connectivity index (χ4v) is 2.26. The summed E-state index contributed by atoms with van der Waals surface area (Å²) in [5, 5.41) is 0. The molecule has 1 aliphatic rings. The van der Waals surface area contributed by atoms with Crippen LogP contribution in [0.1, 0.15) is 80.1 Å². The van der Waals surface area contributed by atoms with Gasteiger partial charge in [-0.3, -0.25) is 0 Å². The molecule has 1 heterocycles. The predicted octanol–water partition coefficient (Wildman–Crippen LogP) is 5.48. The predicted molar refractivity (Wildman–Crippen MR) is 92.4 cm³/mol. The lowest BCUT2D eigenvalue weighted by Gasteiger charge is -2.32. The van der Waals surface area contributed by atoms with Gasteiger partial charge < -0.3 is 9.31 Å². The molecule has 0 aromatic heterocycles. The summed E-state index contributed by atoms with van der Waals surface area (Å²) in [6, 6.07) is 0. The Hall–Kier alpha value is -0.535. The molecule has 0 bridgehead atoms. The Morgan fingerprint density at radius 3 is 2.05 bits per heavy atom. The average molecular weight is 292 g/mol. The van der Waals surface area contributed by atoms with E-state index in [-0.39, 0.29) is 18.3 Å². The van der Waals surface area contributed by atoms with Crippen LogP contribution < -0.4 is 0 Å². The normalized spacial score (nSPS) is 21.4. The molecule has 120 valence electrons. The molecule has 0 unspecified atom stereocenters. The average Bonchev–Trinajstić information content (AvgIpc) is 2.61. The van der Waals surface area contributed by atoms with Crippen molar-refractivity contribution in [2.24, 2.45) is 0 Å². The van der Waals surface area contributed by atoms with Gasteiger partial charge in [0.15, 0.2) is 0 Å². The van der Waals surface area contributed by atoms with E-state index >= 15 is 0 Å². The molecule has 0 aromatic carbocycles. The molecule has 1 saturated heterocycles. The fraction of sp³-hybridized carbons (Fsp3) is 0.778. The van der Waals surface area contributed by atoms with Crippen LogP contribution in [0.15, 0.2) is 23.7 Å². The lowest BCUT2D eigenvalue weighted by molar-refractivity contribution is 0.00578. The van der Waals surface area contributed by atoms with Gasteiger partial charge >= 0.3 is 7.12 Å². The first-order valence-electron chi connectivity index (χ1n) is 8.55. The lowest BCUT2D eigenvalue weighted by atomic mass is 9.75. The van der Waals surface area contributed by atoms with E-state index in [4.69, 9.17) is 9.31 Å². The monoisotopic (exact) mass is 292 g/mol. The third-order valence-electron chi connectivity index (χ3n) is 4.55. The molecule has 3 heteroatoms. The van der Waals surface area contributed by atoms with E-state index in [1.54, 1.807) is 0 Å². The summed E-state index contributed by atoms with van der Waals surface area (Å²) >= 11 is 0. The van der Waals surface area contributed by atoms with Gasteiger partial charge in [-0.2, -0.15) is 0 Å². The molecular weight excluding hydrogens is 259 g/mol. The molecule has 0 aliphatic carbocycles. The summed E-state index contributed by atoms with van der Waals surface area (Å²) in [7, 11) is -0.197. The second-order valence-electron chi connectivity index (χ2n) is 7.00. The van der Waals surface area contributed by atoms with Crippen LogP contribution in [0.4, 0.5) is 0 Å². The summed E-state index contributed by atoms with van der Waals surface area (Å²) in [5.74, 6) is 0. The van der Waals surface area contributed by atoms with Crippen molar-refractivity contribution < 1.29 is 9.31 Å². The first-order chi connectivity index (χ1) is 9.84. The Morgan fingerprint density at radius 1 is 0.952 bits per heavy atom. The highest BCUT2D eigenvalue weighted by Crippen LogP contribution is 2.39. The van der Waals surface area contributed by atoms with Gasteiger partial charge in [0.2, 0.25) is 0 Å². The molecule has 0 N–H and O–H groups in total. The smallest absolute Gasteiger partial charge is 0.400 e. The van der Waals surface area contributed by atoms with Gasteiger partial charge in [0.05, 0.1) is 11.2 Å². The molecule has 0 aromatic rings. The molecular formula is C18H33BO2. The molecule has 1 rings (SSSR count). The van der Waals surface area contributed by atoms with Crippen LogP contribution in [0.3, 0.4) is 0 Å². The van der Waals surface area contributed by atoms with E-state index < -0.39 is 0 Å². The van der Waals surface area contributed by atoms with Crippen molar-refractivity contribution in [2.75, 3.05) is 0 Å². The molecule has 1 fully saturated rings. The van der Waals surface area contributed by atoms with E-state index in [1.807, 2.05) is 0 Å². The van der Waals surface area contributed by atoms with Gasteiger partial charge in [-0.1, -0.05) is 57.8 Å². The van der Waals surface area contributed by atoms with Crippen molar-refractivity contribution in [3.63, 3.8) is 0 Å². The van der Waals surface area contributed by atoms with Gasteiger partial charge in [0.1, 0.15) is 0 Å². The number of unbranched alkanes of at least 4 members (excludes halogenated alkanes) is 3. The van der Waals surface area contributed by atoms with Gasteiger partial charge in [0.25, 0.3) is 0 Å². The molecule has 0 atom stereocenters. The Labute approximate surface area is 132 Å². The molecule has 0 spiro atoms. The van der Waals surface area contributed by atoms with Crippen molar-refractivity contribution in [1.82, 2.24) is 0 Å². The molecule has 0 amide bonds. The van der Waals surface area contributed by atoms with E-state index in [1.165, 1.54) is 31.2 Å². The quantitative estimate of drug-likeness (QED) is 0.335. The van der Waals surface area contributed by atoms with Crippen LogP contribution in [-0.4, -0.2) is 18.3 Å². The highest BCUT2D eigenvalue weighted by Gasteiger charge is 2.51. The van der Waals surface area contributed by atoms with Crippen LogP contribution >= 0.6 is 0 Å². The third-order valence-corrected chi connectivity index (χ3v) is 4.55. The van der Waals surface area contributed by atoms with Gasteiger partial charge in [-0.05, 0) is 46.0 Å². The van der Waals surface area contributed by atoms with E-state index in [0.717, 1.165) is 12.8 Å². The maximum absolute atomic E-state index is 6.18.